The van der Waals surface area contributed by atoms with Crippen LogP contribution in [0, 0.1) is 13.8 Å². The molecule has 2 rings (SSSR count). The number of nitrogens with two attached hydrogens (primary N) is 1. The van der Waals surface area contributed by atoms with Crippen LogP contribution >= 0.6 is 15.9 Å². The first kappa shape index (κ1) is 11.2. The van der Waals surface area contributed by atoms with Gasteiger partial charge in [0, 0.05) is 12.6 Å². The third-order valence-electron chi connectivity index (χ3n) is 2.87. The predicted molar refractivity (Wildman–Crippen MR) is 70.2 cm³/mol. The van der Waals surface area contributed by atoms with E-state index in [1.165, 1.54) is 11.1 Å². The summed E-state index contributed by atoms with van der Waals surface area (Å²) in [5.41, 5.74) is 10.5. The number of imidazole rings is 1. The number of benzene rings is 1. The Morgan fingerprint density at radius 1 is 1.25 bits per heavy atom. The molecule has 16 heavy (non-hydrogen) atoms. The summed E-state index contributed by atoms with van der Waals surface area (Å²) in [7, 11) is 1.91. The van der Waals surface area contributed by atoms with Crippen molar-refractivity contribution in [3.63, 3.8) is 0 Å². The number of rotatable bonds is 1. The Hall–Kier alpha value is -1.29. The first-order valence-corrected chi connectivity index (χ1v) is 5.85. The number of halogens is 1. The highest BCUT2D eigenvalue weighted by Gasteiger charge is 2.12. The second-order valence-electron chi connectivity index (χ2n) is 3.97. The second kappa shape index (κ2) is 3.94. The van der Waals surface area contributed by atoms with Crippen LogP contribution in [0.25, 0.3) is 11.3 Å². The van der Waals surface area contributed by atoms with Crippen LogP contribution in [0.2, 0.25) is 0 Å². The van der Waals surface area contributed by atoms with E-state index < -0.39 is 0 Å². The van der Waals surface area contributed by atoms with E-state index in [1.807, 2.05) is 11.6 Å². The molecule has 0 atom stereocenters. The van der Waals surface area contributed by atoms with Crippen LogP contribution in [0.15, 0.2) is 22.8 Å². The van der Waals surface area contributed by atoms with Crippen molar-refractivity contribution in [2.45, 2.75) is 13.8 Å². The Labute approximate surface area is 103 Å². The molecule has 0 radical (unpaired) electrons. The van der Waals surface area contributed by atoms with Crippen molar-refractivity contribution in [1.29, 1.82) is 0 Å². The Morgan fingerprint density at radius 2 is 1.94 bits per heavy atom. The number of hydrogen-bond donors (Lipinski definition) is 1. The first-order valence-electron chi connectivity index (χ1n) is 5.06. The zero-order chi connectivity index (χ0) is 11.9. The van der Waals surface area contributed by atoms with Gasteiger partial charge in [-0.1, -0.05) is 12.1 Å². The van der Waals surface area contributed by atoms with Gasteiger partial charge in [0.15, 0.2) is 0 Å². The van der Waals surface area contributed by atoms with Crippen LogP contribution in [0.4, 0.5) is 5.95 Å². The second-order valence-corrected chi connectivity index (χ2v) is 4.72. The zero-order valence-corrected chi connectivity index (χ0v) is 11.2. The van der Waals surface area contributed by atoms with E-state index in [9.17, 15) is 0 Å². The molecule has 0 aliphatic rings. The Morgan fingerprint density at radius 3 is 2.44 bits per heavy atom. The summed E-state index contributed by atoms with van der Waals surface area (Å²) in [6, 6.07) is 6.35. The maximum Gasteiger partial charge on any atom is 0.201 e. The van der Waals surface area contributed by atoms with Gasteiger partial charge in [0.05, 0.1) is 5.69 Å². The molecule has 1 aromatic carbocycles. The van der Waals surface area contributed by atoms with Crippen molar-refractivity contribution < 1.29 is 0 Å². The minimum Gasteiger partial charge on any atom is -0.369 e. The first-order chi connectivity index (χ1) is 7.50. The van der Waals surface area contributed by atoms with Gasteiger partial charge in [0.25, 0.3) is 0 Å². The number of aryl methyl sites for hydroxylation is 2. The lowest BCUT2D eigenvalue weighted by Gasteiger charge is -2.07. The monoisotopic (exact) mass is 279 g/mol. The average Bonchev–Trinajstić information content (AvgIpc) is 2.47. The molecule has 0 aliphatic heterocycles. The molecule has 0 bridgehead atoms. The summed E-state index contributed by atoms with van der Waals surface area (Å²) in [6.45, 7) is 4.21. The third kappa shape index (κ3) is 1.73. The van der Waals surface area contributed by atoms with Gasteiger partial charge in [-0.2, -0.15) is 0 Å². The minimum atomic E-state index is 0.514. The lowest BCUT2D eigenvalue weighted by molar-refractivity contribution is 0.937. The lowest BCUT2D eigenvalue weighted by atomic mass is 10.0. The van der Waals surface area contributed by atoms with Gasteiger partial charge in [-0.15, -0.1) is 0 Å². The van der Waals surface area contributed by atoms with E-state index in [1.54, 1.807) is 0 Å². The van der Waals surface area contributed by atoms with Crippen molar-refractivity contribution in [3.8, 4) is 11.3 Å². The normalized spacial score (nSPS) is 10.8. The molecule has 4 heteroatoms. The van der Waals surface area contributed by atoms with Crippen LogP contribution in [-0.4, -0.2) is 9.55 Å². The predicted octanol–water partition coefficient (Wildman–Crippen LogP) is 3.05. The molecule has 0 saturated carbocycles. The lowest BCUT2D eigenvalue weighted by Crippen LogP contribution is -1.98. The molecule has 2 N–H and O–H groups in total. The number of nitrogens with zero attached hydrogens (tertiary/aromatic N) is 2. The minimum absolute atomic E-state index is 0.514. The fourth-order valence-electron chi connectivity index (χ4n) is 1.68. The molecular weight excluding hydrogens is 266 g/mol. The molecule has 0 unspecified atom stereocenters. The van der Waals surface area contributed by atoms with Crippen molar-refractivity contribution in [3.05, 3.63) is 33.9 Å². The average molecular weight is 280 g/mol. The van der Waals surface area contributed by atoms with Crippen molar-refractivity contribution in [1.82, 2.24) is 9.55 Å². The van der Waals surface area contributed by atoms with Crippen molar-refractivity contribution >= 4 is 21.9 Å². The summed E-state index contributed by atoms with van der Waals surface area (Å²) in [6.07, 6.45) is 0. The molecule has 0 spiro atoms. The molecular formula is C12H14BrN3. The van der Waals surface area contributed by atoms with Gasteiger partial charge in [-0.3, -0.25) is 0 Å². The summed E-state index contributed by atoms with van der Waals surface area (Å²) < 4.78 is 2.67. The van der Waals surface area contributed by atoms with Crippen LogP contribution in [0.1, 0.15) is 11.1 Å². The highest BCUT2D eigenvalue weighted by Crippen LogP contribution is 2.30. The maximum absolute atomic E-state index is 5.77. The van der Waals surface area contributed by atoms with E-state index in [-0.39, 0.29) is 0 Å². The Bertz CT molecular complexity index is 543. The topological polar surface area (TPSA) is 43.8 Å². The molecule has 1 heterocycles. The largest absolute Gasteiger partial charge is 0.369 e. The van der Waals surface area contributed by atoms with Gasteiger partial charge < -0.3 is 10.3 Å². The van der Waals surface area contributed by atoms with Gasteiger partial charge in [-0.05, 0) is 47.0 Å². The van der Waals surface area contributed by atoms with Crippen molar-refractivity contribution in [2.75, 3.05) is 5.73 Å². The smallest absolute Gasteiger partial charge is 0.201 e. The summed E-state index contributed by atoms with van der Waals surface area (Å²) >= 11 is 3.44. The summed E-state index contributed by atoms with van der Waals surface area (Å²) in [5.74, 6) is 0.514. The quantitative estimate of drug-likeness (QED) is 0.872. The van der Waals surface area contributed by atoms with E-state index in [0.29, 0.717) is 5.95 Å². The number of nitrogen functional groups attached to an aromatic ring is 1. The summed E-state index contributed by atoms with van der Waals surface area (Å²) in [5, 5.41) is 0. The highest BCUT2D eigenvalue weighted by atomic mass is 79.9. The molecule has 0 aliphatic carbocycles. The van der Waals surface area contributed by atoms with Crippen LogP contribution < -0.4 is 5.73 Å². The molecule has 0 fully saturated rings. The van der Waals surface area contributed by atoms with Gasteiger partial charge >= 0.3 is 0 Å². The fourth-order valence-corrected chi connectivity index (χ4v) is 2.36. The molecule has 2 aromatic rings. The van der Waals surface area contributed by atoms with E-state index in [2.05, 4.69) is 53.0 Å². The molecule has 84 valence electrons. The zero-order valence-electron chi connectivity index (χ0n) is 9.58. The van der Waals surface area contributed by atoms with Crippen LogP contribution in [-0.2, 0) is 7.05 Å². The molecule has 3 nitrogen and oxygen atoms in total. The van der Waals surface area contributed by atoms with Crippen molar-refractivity contribution in [2.24, 2.45) is 7.05 Å². The van der Waals surface area contributed by atoms with Crippen LogP contribution in [0.3, 0.4) is 0 Å². The van der Waals surface area contributed by atoms with E-state index >= 15 is 0 Å². The fraction of sp³-hybridized carbons (Fsp3) is 0.250. The standard InChI is InChI=1S/C12H14BrN3/c1-7-4-5-9(6-8(7)2)10-11(13)15-12(14)16(10)3/h4-6H,1-3H3,(H2,14,15). The molecule has 0 amide bonds. The molecule has 0 saturated heterocycles. The van der Waals surface area contributed by atoms with E-state index in [4.69, 9.17) is 5.73 Å². The molecule has 1 aromatic heterocycles. The number of anilines is 1. The van der Waals surface area contributed by atoms with Gasteiger partial charge in [0.1, 0.15) is 4.60 Å². The SMILES string of the molecule is Cc1ccc(-c2c(Br)nc(N)n2C)cc1C. The highest BCUT2D eigenvalue weighted by molar-refractivity contribution is 9.10. The van der Waals surface area contributed by atoms with E-state index in [0.717, 1.165) is 15.9 Å². The van der Waals surface area contributed by atoms with Crippen LogP contribution in [0.5, 0.6) is 0 Å². The van der Waals surface area contributed by atoms with Gasteiger partial charge in [-0.25, -0.2) is 4.98 Å². The maximum atomic E-state index is 5.77. The Kier molecular flexibility index (Phi) is 2.76. The van der Waals surface area contributed by atoms with Gasteiger partial charge in [0.2, 0.25) is 5.95 Å². The third-order valence-corrected chi connectivity index (χ3v) is 3.42. The summed E-state index contributed by atoms with van der Waals surface area (Å²) in [4.78, 5) is 4.20. The Balaban J connectivity index is 2.63. The number of aromatic nitrogens is 2. The number of hydrogen-bond acceptors (Lipinski definition) is 2.